The van der Waals surface area contributed by atoms with Gasteiger partial charge in [-0.3, -0.25) is 4.79 Å². The van der Waals surface area contributed by atoms with Crippen LogP contribution in [0.2, 0.25) is 10.0 Å². The summed E-state index contributed by atoms with van der Waals surface area (Å²) in [7, 11) is 1.23. The Kier molecular flexibility index (Phi) is 5.22. The van der Waals surface area contributed by atoms with E-state index in [-0.39, 0.29) is 22.6 Å². The number of hydrogen-bond donors (Lipinski definition) is 1. The van der Waals surface area contributed by atoms with Crippen molar-refractivity contribution in [1.29, 1.82) is 0 Å². The van der Waals surface area contributed by atoms with Gasteiger partial charge in [0.25, 0.3) is 5.56 Å². The normalized spacial score (nSPS) is 16.0. The number of nitrogens with two attached hydrogens (primary N) is 1. The highest BCUT2D eigenvalue weighted by Gasteiger charge is 2.39. The molecule has 1 unspecified atom stereocenters. The predicted octanol–water partition coefficient (Wildman–Crippen LogP) is 3.35. The first-order valence-electron chi connectivity index (χ1n) is 8.25. The van der Waals surface area contributed by atoms with Crippen LogP contribution < -0.4 is 16.0 Å². The molecule has 2 N–H and O–H groups in total. The fraction of sp³-hybridized carbons (Fsp3) is 0.263. The maximum atomic E-state index is 13.2. The van der Waals surface area contributed by atoms with Crippen molar-refractivity contribution < 1.29 is 14.3 Å². The van der Waals surface area contributed by atoms with Gasteiger partial charge in [0.15, 0.2) is 0 Å². The highest BCUT2D eigenvalue weighted by atomic mass is 35.5. The summed E-state index contributed by atoms with van der Waals surface area (Å²) in [4.78, 5) is 25.7. The van der Waals surface area contributed by atoms with E-state index in [0.717, 1.165) is 5.69 Å². The van der Waals surface area contributed by atoms with Crippen LogP contribution in [0.4, 0.5) is 0 Å². The topological polar surface area (TPSA) is 83.5 Å². The van der Waals surface area contributed by atoms with Crippen LogP contribution in [-0.4, -0.2) is 17.6 Å². The molecule has 0 fully saturated rings. The molecule has 0 amide bonds. The molecule has 1 aromatic heterocycles. The summed E-state index contributed by atoms with van der Waals surface area (Å²) in [5, 5.41) is 0.736. The summed E-state index contributed by atoms with van der Waals surface area (Å²) in [6.07, 6.45) is 0. The molecule has 8 heteroatoms. The average Bonchev–Trinajstić information content (AvgIpc) is 2.60. The van der Waals surface area contributed by atoms with Crippen molar-refractivity contribution >= 4 is 29.2 Å². The fourth-order valence-corrected chi connectivity index (χ4v) is 3.85. The lowest BCUT2D eigenvalue weighted by Gasteiger charge is -2.29. The standard InChI is InChI=1S/C19H18Cl2N2O4/c1-4-23-9(2)7-13-15(18(23)24)14(11-6-5-10(20)8-12(11)21)16(17(22)27-13)19(25)26-3/h5-8,14H,4,22H2,1-3H3. The molecule has 0 saturated carbocycles. The molecule has 0 spiro atoms. The Morgan fingerprint density at radius 2 is 2.04 bits per heavy atom. The first-order valence-corrected chi connectivity index (χ1v) is 9.00. The van der Waals surface area contributed by atoms with Crippen LogP contribution in [0.5, 0.6) is 5.75 Å². The number of aromatic nitrogens is 1. The van der Waals surface area contributed by atoms with Crippen molar-refractivity contribution in [3.8, 4) is 5.75 Å². The number of carbonyl (C=O) groups is 1. The van der Waals surface area contributed by atoms with Crippen molar-refractivity contribution in [1.82, 2.24) is 4.57 Å². The number of benzene rings is 1. The predicted molar refractivity (Wildman–Crippen MR) is 103 cm³/mol. The number of aryl methyl sites for hydroxylation is 1. The summed E-state index contributed by atoms with van der Waals surface area (Å²) >= 11 is 12.4. The first-order chi connectivity index (χ1) is 12.8. The van der Waals surface area contributed by atoms with E-state index in [2.05, 4.69) is 0 Å². The Hall–Kier alpha value is -2.44. The van der Waals surface area contributed by atoms with E-state index in [0.29, 0.717) is 27.9 Å². The number of fused-ring (bicyclic) bond motifs is 1. The third-order valence-corrected chi connectivity index (χ3v) is 5.13. The van der Waals surface area contributed by atoms with Crippen LogP contribution in [-0.2, 0) is 16.1 Å². The van der Waals surface area contributed by atoms with E-state index in [1.165, 1.54) is 7.11 Å². The summed E-state index contributed by atoms with van der Waals surface area (Å²) in [5.41, 5.74) is 7.28. The molecule has 1 atom stereocenters. The lowest BCUT2D eigenvalue weighted by molar-refractivity contribution is -0.136. The van der Waals surface area contributed by atoms with Crippen LogP contribution in [0.15, 0.2) is 40.5 Å². The highest BCUT2D eigenvalue weighted by molar-refractivity contribution is 6.35. The van der Waals surface area contributed by atoms with Gasteiger partial charge in [0.1, 0.15) is 11.3 Å². The second-order valence-corrected chi connectivity index (χ2v) is 6.93. The van der Waals surface area contributed by atoms with Crippen molar-refractivity contribution in [2.45, 2.75) is 26.3 Å². The van der Waals surface area contributed by atoms with Gasteiger partial charge >= 0.3 is 5.97 Å². The average molecular weight is 409 g/mol. The number of ether oxygens (including phenoxy) is 2. The quantitative estimate of drug-likeness (QED) is 0.787. The Balaban J connectivity index is 2.39. The zero-order chi connectivity index (χ0) is 19.9. The van der Waals surface area contributed by atoms with Gasteiger partial charge in [0, 0.05) is 28.4 Å². The Labute approximate surface area is 166 Å². The van der Waals surface area contributed by atoms with Gasteiger partial charge in [-0.25, -0.2) is 4.79 Å². The molecular weight excluding hydrogens is 391 g/mol. The summed E-state index contributed by atoms with van der Waals surface area (Å²) in [6, 6.07) is 6.56. The molecule has 1 aliphatic heterocycles. The number of methoxy groups -OCH3 is 1. The summed E-state index contributed by atoms with van der Waals surface area (Å²) < 4.78 is 12.1. The van der Waals surface area contributed by atoms with Crippen LogP contribution in [0.25, 0.3) is 0 Å². The maximum absolute atomic E-state index is 13.2. The van der Waals surface area contributed by atoms with E-state index in [1.807, 2.05) is 6.92 Å². The van der Waals surface area contributed by atoms with Gasteiger partial charge in [-0.05, 0) is 31.5 Å². The number of rotatable bonds is 3. The summed E-state index contributed by atoms with van der Waals surface area (Å²) in [6.45, 7) is 4.13. The second-order valence-electron chi connectivity index (χ2n) is 6.08. The largest absolute Gasteiger partial charge is 0.465 e. The van der Waals surface area contributed by atoms with Crippen molar-refractivity contribution in [3.63, 3.8) is 0 Å². The van der Waals surface area contributed by atoms with E-state index in [9.17, 15) is 9.59 Å². The van der Waals surface area contributed by atoms with Crippen molar-refractivity contribution in [3.05, 3.63) is 72.9 Å². The Morgan fingerprint density at radius 3 is 2.63 bits per heavy atom. The minimum absolute atomic E-state index is 0.0258. The lowest BCUT2D eigenvalue weighted by atomic mass is 9.83. The minimum atomic E-state index is -0.836. The molecule has 6 nitrogen and oxygen atoms in total. The number of halogens is 2. The molecule has 1 aliphatic rings. The molecule has 1 aromatic carbocycles. The second kappa shape index (κ2) is 7.29. The van der Waals surface area contributed by atoms with Crippen LogP contribution >= 0.6 is 23.2 Å². The monoisotopic (exact) mass is 408 g/mol. The van der Waals surface area contributed by atoms with Crippen molar-refractivity contribution in [2.75, 3.05) is 7.11 Å². The minimum Gasteiger partial charge on any atom is -0.465 e. The van der Waals surface area contributed by atoms with Gasteiger partial charge < -0.3 is 19.8 Å². The zero-order valence-electron chi connectivity index (χ0n) is 15.0. The molecule has 3 rings (SSSR count). The van der Waals surface area contributed by atoms with Gasteiger partial charge in [-0.1, -0.05) is 29.3 Å². The molecular formula is C19H18Cl2N2O4. The van der Waals surface area contributed by atoms with Gasteiger partial charge in [0.2, 0.25) is 5.88 Å². The van der Waals surface area contributed by atoms with Crippen LogP contribution in [0, 0.1) is 6.92 Å². The molecule has 2 aromatic rings. The third kappa shape index (κ3) is 3.19. The van der Waals surface area contributed by atoms with Crippen LogP contribution in [0.3, 0.4) is 0 Å². The van der Waals surface area contributed by atoms with E-state index >= 15 is 0 Å². The lowest BCUT2D eigenvalue weighted by Crippen LogP contribution is -2.35. The number of hydrogen-bond acceptors (Lipinski definition) is 5. The molecule has 0 bridgehead atoms. The third-order valence-electron chi connectivity index (χ3n) is 4.56. The maximum Gasteiger partial charge on any atom is 0.340 e. The highest BCUT2D eigenvalue weighted by Crippen LogP contribution is 2.43. The van der Waals surface area contributed by atoms with Gasteiger partial charge in [-0.15, -0.1) is 0 Å². The zero-order valence-corrected chi connectivity index (χ0v) is 16.5. The molecule has 0 aliphatic carbocycles. The van der Waals surface area contributed by atoms with E-state index in [4.69, 9.17) is 38.4 Å². The molecule has 0 radical (unpaired) electrons. The number of pyridine rings is 1. The SMILES string of the molecule is CCn1c(C)cc2c(c1=O)C(c1ccc(Cl)cc1Cl)C(C(=O)OC)=C(N)O2. The number of esters is 1. The fourth-order valence-electron chi connectivity index (χ4n) is 3.33. The van der Waals surface area contributed by atoms with Gasteiger partial charge in [0.05, 0.1) is 18.6 Å². The van der Waals surface area contributed by atoms with Crippen molar-refractivity contribution in [2.24, 2.45) is 5.73 Å². The first kappa shape index (κ1) is 19.3. The van der Waals surface area contributed by atoms with E-state index < -0.39 is 11.9 Å². The molecule has 142 valence electrons. The summed E-state index contributed by atoms with van der Waals surface area (Å²) in [5.74, 6) is -1.36. The Bertz CT molecular complexity index is 1030. The Morgan fingerprint density at radius 1 is 1.33 bits per heavy atom. The number of carbonyl (C=O) groups excluding carboxylic acids is 1. The molecule has 2 heterocycles. The van der Waals surface area contributed by atoms with E-state index in [1.54, 1.807) is 35.8 Å². The smallest absolute Gasteiger partial charge is 0.340 e. The van der Waals surface area contributed by atoms with Crippen LogP contribution in [0.1, 0.15) is 29.7 Å². The molecule has 27 heavy (non-hydrogen) atoms. The number of nitrogens with zero attached hydrogens (tertiary/aromatic N) is 1. The van der Waals surface area contributed by atoms with Gasteiger partial charge in [-0.2, -0.15) is 0 Å². The molecule has 0 saturated heterocycles.